The lowest BCUT2D eigenvalue weighted by Crippen LogP contribution is -2.48. The Hall–Kier alpha value is -2.58. The van der Waals surface area contributed by atoms with Crippen LogP contribution in [0.25, 0.3) is 0 Å². The summed E-state index contributed by atoms with van der Waals surface area (Å²) in [5, 5.41) is 2.91. The Morgan fingerprint density at radius 2 is 1.61 bits per heavy atom. The molecule has 1 heterocycles. The van der Waals surface area contributed by atoms with E-state index in [4.69, 9.17) is 4.74 Å². The number of likely N-dealkylation sites (tertiary alicyclic amines) is 1. The molecule has 0 saturated carbocycles. The highest BCUT2D eigenvalue weighted by Gasteiger charge is 2.29. The molecule has 180 valence electrons. The van der Waals surface area contributed by atoms with Gasteiger partial charge in [-0.05, 0) is 82.2 Å². The fraction of sp³-hybridized carbons (Fsp3) is 0.480. The summed E-state index contributed by atoms with van der Waals surface area (Å²) in [5.41, 5.74) is 0.421. The fourth-order valence-corrected chi connectivity index (χ4v) is 5.29. The summed E-state index contributed by atoms with van der Waals surface area (Å²) >= 11 is 0. The molecule has 1 aliphatic heterocycles. The second-order valence-electron chi connectivity index (χ2n) is 8.54. The van der Waals surface area contributed by atoms with Gasteiger partial charge in [0.1, 0.15) is 17.5 Å². The first kappa shape index (κ1) is 25.1. The Morgan fingerprint density at radius 3 is 2.21 bits per heavy atom. The van der Waals surface area contributed by atoms with Gasteiger partial charge >= 0.3 is 0 Å². The van der Waals surface area contributed by atoms with Crippen molar-refractivity contribution < 1.29 is 17.9 Å². The van der Waals surface area contributed by atoms with Crippen LogP contribution in [0.1, 0.15) is 39.0 Å². The van der Waals surface area contributed by atoms with Crippen LogP contribution in [0.15, 0.2) is 54.6 Å². The molecule has 7 nitrogen and oxygen atoms in total. The quantitative estimate of drug-likeness (QED) is 0.528. The topological polar surface area (TPSA) is 79.0 Å². The van der Waals surface area contributed by atoms with Crippen molar-refractivity contribution in [2.45, 2.75) is 45.1 Å². The third-order valence-corrected chi connectivity index (χ3v) is 7.05. The molecule has 0 radical (unpaired) electrons. The lowest BCUT2D eigenvalue weighted by molar-refractivity contribution is -0.121. The Labute approximate surface area is 197 Å². The first-order valence-electron chi connectivity index (χ1n) is 11.7. The summed E-state index contributed by atoms with van der Waals surface area (Å²) in [5.74, 6) is 0.975. The van der Waals surface area contributed by atoms with Gasteiger partial charge in [-0.2, -0.15) is 0 Å². The minimum Gasteiger partial charge on any atom is -0.457 e. The monoisotopic (exact) mass is 473 g/mol. The molecular formula is C25H35N3O4S. The number of hydrogen-bond acceptors (Lipinski definition) is 5. The van der Waals surface area contributed by atoms with E-state index in [1.165, 1.54) is 25.7 Å². The van der Waals surface area contributed by atoms with Crippen LogP contribution in [0.2, 0.25) is 0 Å². The minimum absolute atomic E-state index is 0.305. The largest absolute Gasteiger partial charge is 0.457 e. The van der Waals surface area contributed by atoms with Gasteiger partial charge in [0.05, 0.1) is 11.9 Å². The molecule has 1 fully saturated rings. The van der Waals surface area contributed by atoms with Gasteiger partial charge < -0.3 is 15.0 Å². The lowest BCUT2D eigenvalue weighted by atomic mass is 10.2. The summed E-state index contributed by atoms with van der Waals surface area (Å²) in [7, 11) is -3.66. The van der Waals surface area contributed by atoms with Crippen LogP contribution in [0.5, 0.6) is 11.5 Å². The molecule has 0 unspecified atom stereocenters. The lowest BCUT2D eigenvalue weighted by Gasteiger charge is -2.28. The van der Waals surface area contributed by atoms with Gasteiger partial charge in [0, 0.05) is 6.54 Å². The number of hydrogen-bond donors (Lipinski definition) is 1. The number of para-hydroxylation sites is 1. The first-order valence-corrected chi connectivity index (χ1v) is 13.5. The molecule has 3 rings (SSSR count). The highest BCUT2D eigenvalue weighted by Crippen LogP contribution is 2.26. The van der Waals surface area contributed by atoms with E-state index in [0.29, 0.717) is 23.7 Å². The number of amides is 1. The van der Waals surface area contributed by atoms with E-state index >= 15 is 0 Å². The van der Waals surface area contributed by atoms with Gasteiger partial charge in [-0.1, -0.05) is 31.0 Å². The summed E-state index contributed by atoms with van der Waals surface area (Å²) in [6.07, 6.45) is 7.04. The van der Waals surface area contributed by atoms with Crippen LogP contribution in [0, 0.1) is 0 Å². The third-order valence-electron chi connectivity index (χ3n) is 5.81. The Bertz CT molecular complexity index is 972. The third kappa shape index (κ3) is 7.75. The number of anilines is 1. The molecule has 0 spiro atoms. The second-order valence-corrected chi connectivity index (χ2v) is 10.4. The summed E-state index contributed by atoms with van der Waals surface area (Å²) < 4.78 is 32.0. The number of carbonyl (C=O) groups excluding carboxylic acids is 1. The number of carbonyl (C=O) groups is 1. The average Bonchev–Trinajstić information content (AvgIpc) is 3.06. The van der Waals surface area contributed by atoms with Gasteiger partial charge in [-0.15, -0.1) is 0 Å². The maximum absolute atomic E-state index is 12.8. The van der Waals surface area contributed by atoms with Gasteiger partial charge in [0.15, 0.2) is 0 Å². The van der Waals surface area contributed by atoms with Gasteiger partial charge in [0.25, 0.3) is 0 Å². The van der Waals surface area contributed by atoms with E-state index in [0.717, 1.165) is 36.6 Å². The highest BCUT2D eigenvalue weighted by atomic mass is 32.2. The van der Waals surface area contributed by atoms with Crippen LogP contribution >= 0.6 is 0 Å². The van der Waals surface area contributed by atoms with Crippen LogP contribution < -0.4 is 14.4 Å². The van der Waals surface area contributed by atoms with Crippen molar-refractivity contribution in [3.05, 3.63) is 54.6 Å². The molecule has 2 aromatic rings. The maximum Gasteiger partial charge on any atom is 0.243 e. The zero-order chi connectivity index (χ0) is 23.7. The van der Waals surface area contributed by atoms with Crippen molar-refractivity contribution >= 4 is 21.6 Å². The fourth-order valence-electron chi connectivity index (χ4n) is 4.12. The number of rotatable bonds is 10. The smallest absolute Gasteiger partial charge is 0.243 e. The molecule has 2 aromatic carbocycles. The van der Waals surface area contributed by atoms with Crippen LogP contribution in [-0.2, 0) is 14.8 Å². The zero-order valence-electron chi connectivity index (χ0n) is 19.6. The average molecular weight is 474 g/mol. The van der Waals surface area contributed by atoms with Crippen LogP contribution in [-0.4, -0.2) is 57.7 Å². The van der Waals surface area contributed by atoms with E-state index in [2.05, 4.69) is 10.2 Å². The van der Waals surface area contributed by atoms with Crippen molar-refractivity contribution in [3.63, 3.8) is 0 Å². The molecule has 0 aliphatic carbocycles. The van der Waals surface area contributed by atoms with Crippen LogP contribution in [0.4, 0.5) is 5.69 Å². The number of nitrogens with zero attached hydrogens (tertiary/aromatic N) is 2. The maximum atomic E-state index is 12.8. The van der Waals surface area contributed by atoms with Crippen molar-refractivity contribution in [1.82, 2.24) is 10.2 Å². The van der Waals surface area contributed by atoms with E-state index < -0.39 is 16.1 Å². The van der Waals surface area contributed by atoms with E-state index in [-0.39, 0.29) is 5.91 Å². The predicted octanol–water partition coefficient (Wildman–Crippen LogP) is 4.02. The molecular weight excluding hydrogens is 438 g/mol. The number of nitrogens with one attached hydrogen (secondary N) is 1. The molecule has 33 heavy (non-hydrogen) atoms. The first-order chi connectivity index (χ1) is 15.8. The highest BCUT2D eigenvalue weighted by molar-refractivity contribution is 7.92. The van der Waals surface area contributed by atoms with Gasteiger partial charge in [-0.3, -0.25) is 9.10 Å². The van der Waals surface area contributed by atoms with Crippen molar-refractivity contribution in [2.75, 3.05) is 36.7 Å². The molecule has 1 amide bonds. The van der Waals surface area contributed by atoms with Crippen LogP contribution in [0.3, 0.4) is 0 Å². The zero-order valence-corrected chi connectivity index (χ0v) is 20.4. The summed E-state index contributed by atoms with van der Waals surface area (Å²) in [6, 6.07) is 15.2. The molecule has 1 N–H and O–H groups in total. The molecule has 8 heteroatoms. The minimum atomic E-state index is -3.66. The summed E-state index contributed by atoms with van der Waals surface area (Å²) in [4.78, 5) is 15.2. The van der Waals surface area contributed by atoms with Crippen molar-refractivity contribution in [2.24, 2.45) is 0 Å². The Balaban J connectivity index is 1.57. The number of benzene rings is 2. The van der Waals surface area contributed by atoms with Gasteiger partial charge in [-0.25, -0.2) is 8.42 Å². The van der Waals surface area contributed by atoms with Gasteiger partial charge in [0.2, 0.25) is 15.9 Å². The Morgan fingerprint density at radius 1 is 1.00 bits per heavy atom. The summed E-state index contributed by atoms with van der Waals surface area (Å²) in [6.45, 7) is 5.33. The molecule has 0 aromatic heterocycles. The normalized spacial score (nSPS) is 15.9. The predicted molar refractivity (Wildman–Crippen MR) is 132 cm³/mol. The van der Waals surface area contributed by atoms with Crippen molar-refractivity contribution in [3.8, 4) is 11.5 Å². The standard InChI is InChI=1S/C25H35N3O4S/c1-21(25(29)26-17-10-20-27-18-8-3-4-9-19-27)28(33(2,30)31)22-13-15-24(16-14-22)32-23-11-6-5-7-12-23/h5-7,11-16,21H,3-4,8-10,17-20H2,1-2H3,(H,26,29)/t21-/m0/s1. The molecule has 1 saturated heterocycles. The van der Waals surface area contributed by atoms with E-state index in [1.54, 1.807) is 31.2 Å². The van der Waals surface area contributed by atoms with E-state index in [9.17, 15) is 13.2 Å². The number of ether oxygens (including phenoxy) is 1. The van der Waals surface area contributed by atoms with Crippen molar-refractivity contribution in [1.29, 1.82) is 0 Å². The second kappa shape index (κ2) is 12.0. The SMILES string of the molecule is C[C@@H](C(=O)NCCCN1CCCCCC1)N(c1ccc(Oc2ccccc2)cc1)S(C)(=O)=O. The Kier molecular flexibility index (Phi) is 9.14. The molecule has 1 atom stereocenters. The number of sulfonamides is 1. The molecule has 0 bridgehead atoms. The van der Waals surface area contributed by atoms with E-state index in [1.807, 2.05) is 30.3 Å². The molecule has 1 aliphatic rings.